The van der Waals surface area contributed by atoms with Gasteiger partial charge < -0.3 is 5.11 Å². The summed E-state index contributed by atoms with van der Waals surface area (Å²) >= 11 is 0. The molecule has 0 fully saturated rings. The molecule has 0 spiro atoms. The second-order valence-electron chi connectivity index (χ2n) is 4.17. The third-order valence-corrected chi connectivity index (χ3v) is 4.21. The van der Waals surface area contributed by atoms with Crippen LogP contribution in [0, 0.1) is 15.9 Å². The number of rotatable bonds is 7. The van der Waals surface area contributed by atoms with E-state index in [-0.39, 0.29) is 6.42 Å². The van der Waals surface area contributed by atoms with E-state index in [1.807, 2.05) is 4.72 Å². The second-order valence-corrected chi connectivity index (χ2v) is 5.85. The lowest BCUT2D eigenvalue weighted by molar-refractivity contribution is -0.390. The zero-order valence-electron chi connectivity index (χ0n) is 10.9. The Labute approximate surface area is 119 Å². The highest BCUT2D eigenvalue weighted by atomic mass is 32.2. The van der Waals surface area contributed by atoms with Crippen LogP contribution in [0.5, 0.6) is 0 Å². The van der Waals surface area contributed by atoms with E-state index in [0.29, 0.717) is 0 Å². The SMILES string of the molecule is CCC(CC(=O)O)NS(=O)(=O)c1cccc(F)c1[N+](=O)[O-]. The summed E-state index contributed by atoms with van der Waals surface area (Å²) in [5, 5.41) is 19.5. The number of carboxylic acids is 1. The quantitative estimate of drug-likeness (QED) is 0.575. The Morgan fingerprint density at radius 2 is 2.14 bits per heavy atom. The largest absolute Gasteiger partial charge is 0.481 e. The average Bonchev–Trinajstić information content (AvgIpc) is 2.36. The molecule has 0 heterocycles. The van der Waals surface area contributed by atoms with E-state index in [4.69, 9.17) is 5.11 Å². The molecule has 0 saturated heterocycles. The summed E-state index contributed by atoms with van der Waals surface area (Å²) in [4.78, 5) is 19.4. The van der Waals surface area contributed by atoms with E-state index >= 15 is 0 Å². The number of hydrogen-bond acceptors (Lipinski definition) is 5. The van der Waals surface area contributed by atoms with Crippen LogP contribution in [-0.4, -0.2) is 30.5 Å². The van der Waals surface area contributed by atoms with Crippen molar-refractivity contribution in [3.8, 4) is 0 Å². The van der Waals surface area contributed by atoms with Crippen LogP contribution in [0.25, 0.3) is 0 Å². The third-order valence-electron chi connectivity index (χ3n) is 2.66. The predicted molar refractivity (Wildman–Crippen MR) is 69.7 cm³/mol. The first-order chi connectivity index (χ1) is 9.69. The highest BCUT2D eigenvalue weighted by Crippen LogP contribution is 2.26. The minimum Gasteiger partial charge on any atom is -0.481 e. The summed E-state index contributed by atoms with van der Waals surface area (Å²) in [5.74, 6) is -2.51. The lowest BCUT2D eigenvalue weighted by Crippen LogP contribution is -2.36. The molecule has 0 amide bonds. The zero-order chi connectivity index (χ0) is 16.2. The molecule has 0 aromatic heterocycles. The summed E-state index contributed by atoms with van der Waals surface area (Å²) in [5.41, 5.74) is -1.17. The van der Waals surface area contributed by atoms with Crippen LogP contribution < -0.4 is 4.72 Å². The van der Waals surface area contributed by atoms with Gasteiger partial charge in [0, 0.05) is 6.04 Å². The predicted octanol–water partition coefficient (Wildman–Crippen LogP) is 1.27. The zero-order valence-corrected chi connectivity index (χ0v) is 11.8. The number of benzene rings is 1. The summed E-state index contributed by atoms with van der Waals surface area (Å²) in [6.07, 6.45) is -0.326. The fourth-order valence-electron chi connectivity index (χ4n) is 1.65. The van der Waals surface area contributed by atoms with Gasteiger partial charge >= 0.3 is 11.7 Å². The number of carboxylic acid groups (broad SMARTS) is 1. The van der Waals surface area contributed by atoms with Gasteiger partial charge in [0.15, 0.2) is 4.90 Å². The first-order valence-corrected chi connectivity index (χ1v) is 7.34. The number of nitro benzene ring substituents is 1. The molecule has 1 atom stereocenters. The van der Waals surface area contributed by atoms with Gasteiger partial charge in [0.2, 0.25) is 15.8 Å². The first kappa shape index (κ1) is 17.0. The van der Waals surface area contributed by atoms with Crippen LogP contribution in [0.15, 0.2) is 23.1 Å². The Bertz CT molecular complexity index is 661. The van der Waals surface area contributed by atoms with Gasteiger partial charge in [-0.15, -0.1) is 0 Å². The van der Waals surface area contributed by atoms with Crippen molar-refractivity contribution >= 4 is 21.7 Å². The maximum atomic E-state index is 13.4. The van der Waals surface area contributed by atoms with Crippen LogP contribution in [0.4, 0.5) is 10.1 Å². The second kappa shape index (κ2) is 6.59. The van der Waals surface area contributed by atoms with Crippen LogP contribution in [0.1, 0.15) is 19.8 Å². The number of nitrogens with one attached hydrogen (secondary N) is 1. The third kappa shape index (κ3) is 4.20. The summed E-state index contributed by atoms with van der Waals surface area (Å²) in [6.45, 7) is 1.55. The van der Waals surface area contributed by atoms with E-state index in [0.717, 1.165) is 18.2 Å². The monoisotopic (exact) mass is 320 g/mol. The number of carbonyl (C=O) groups is 1. The van der Waals surface area contributed by atoms with Gasteiger partial charge in [0.25, 0.3) is 0 Å². The molecule has 0 bridgehead atoms. The normalized spacial score (nSPS) is 12.9. The van der Waals surface area contributed by atoms with Crippen molar-refractivity contribution in [2.24, 2.45) is 0 Å². The van der Waals surface area contributed by atoms with Crippen molar-refractivity contribution in [2.45, 2.75) is 30.7 Å². The van der Waals surface area contributed by atoms with Gasteiger partial charge in [-0.2, -0.15) is 4.39 Å². The van der Waals surface area contributed by atoms with Gasteiger partial charge in [-0.1, -0.05) is 13.0 Å². The molecule has 0 aliphatic heterocycles. The molecule has 1 unspecified atom stereocenters. The molecule has 1 aromatic carbocycles. The van der Waals surface area contributed by atoms with Crippen LogP contribution >= 0.6 is 0 Å². The molecule has 0 radical (unpaired) electrons. The molecule has 0 aliphatic carbocycles. The van der Waals surface area contributed by atoms with Crippen molar-refractivity contribution in [2.75, 3.05) is 0 Å². The van der Waals surface area contributed by atoms with Gasteiger partial charge in [-0.05, 0) is 18.6 Å². The van der Waals surface area contributed by atoms with E-state index in [1.165, 1.54) is 0 Å². The highest BCUT2D eigenvalue weighted by Gasteiger charge is 2.31. The number of para-hydroxylation sites is 1. The molecule has 10 heteroatoms. The molecule has 0 saturated carbocycles. The Hall–Kier alpha value is -2.07. The number of sulfonamides is 1. The smallest absolute Gasteiger partial charge is 0.324 e. The Balaban J connectivity index is 3.22. The van der Waals surface area contributed by atoms with Crippen LogP contribution in [0.2, 0.25) is 0 Å². The van der Waals surface area contributed by atoms with Crippen molar-refractivity contribution in [3.05, 3.63) is 34.1 Å². The molecule has 21 heavy (non-hydrogen) atoms. The number of nitrogens with zero attached hydrogens (tertiary/aromatic N) is 1. The van der Waals surface area contributed by atoms with E-state index in [1.54, 1.807) is 6.92 Å². The van der Waals surface area contributed by atoms with E-state index in [2.05, 4.69) is 0 Å². The molecular formula is C11H13FN2O6S. The lowest BCUT2D eigenvalue weighted by Gasteiger charge is -2.15. The summed E-state index contributed by atoms with van der Waals surface area (Å²) < 4.78 is 39.6. The van der Waals surface area contributed by atoms with Crippen LogP contribution in [0.3, 0.4) is 0 Å². The number of hydrogen-bond donors (Lipinski definition) is 2. The van der Waals surface area contributed by atoms with Gasteiger partial charge in [0.1, 0.15) is 0 Å². The average molecular weight is 320 g/mol. The molecule has 1 aromatic rings. The lowest BCUT2D eigenvalue weighted by atomic mass is 10.2. The highest BCUT2D eigenvalue weighted by molar-refractivity contribution is 7.89. The minimum atomic E-state index is -4.41. The number of aliphatic carboxylic acids is 1. The van der Waals surface area contributed by atoms with E-state index < -0.39 is 49.8 Å². The fourth-order valence-corrected chi connectivity index (χ4v) is 3.15. The van der Waals surface area contributed by atoms with Gasteiger partial charge in [-0.25, -0.2) is 13.1 Å². The molecular weight excluding hydrogens is 307 g/mol. The summed E-state index contributed by atoms with van der Waals surface area (Å²) in [7, 11) is -4.41. The van der Waals surface area contributed by atoms with Crippen LogP contribution in [-0.2, 0) is 14.8 Å². The Morgan fingerprint density at radius 1 is 1.52 bits per heavy atom. The topological polar surface area (TPSA) is 127 Å². The standard InChI is InChI=1S/C11H13FN2O6S/c1-2-7(6-10(15)16)13-21(19,20)9-5-3-4-8(12)11(9)14(17)18/h3-5,7,13H,2,6H2,1H3,(H,15,16). The number of nitro groups is 1. The number of halogens is 1. The van der Waals surface area contributed by atoms with Crippen molar-refractivity contribution in [1.82, 2.24) is 4.72 Å². The molecule has 0 aliphatic rings. The molecule has 2 N–H and O–H groups in total. The fraction of sp³-hybridized carbons (Fsp3) is 0.364. The van der Waals surface area contributed by atoms with Crippen molar-refractivity contribution < 1.29 is 27.6 Å². The van der Waals surface area contributed by atoms with Crippen molar-refractivity contribution in [3.63, 3.8) is 0 Å². The first-order valence-electron chi connectivity index (χ1n) is 5.86. The minimum absolute atomic E-state index is 0.161. The summed E-state index contributed by atoms with van der Waals surface area (Å²) in [6, 6.07) is 1.73. The van der Waals surface area contributed by atoms with Gasteiger partial charge in [-0.3, -0.25) is 14.9 Å². The van der Waals surface area contributed by atoms with Gasteiger partial charge in [0.05, 0.1) is 11.3 Å². The van der Waals surface area contributed by atoms with E-state index in [9.17, 15) is 27.7 Å². The molecule has 1 rings (SSSR count). The molecule has 116 valence electrons. The molecule has 8 nitrogen and oxygen atoms in total. The Kier molecular flexibility index (Phi) is 5.33. The van der Waals surface area contributed by atoms with Crippen molar-refractivity contribution in [1.29, 1.82) is 0 Å². The maximum absolute atomic E-state index is 13.4. The Morgan fingerprint density at radius 3 is 2.62 bits per heavy atom. The maximum Gasteiger partial charge on any atom is 0.324 e.